The van der Waals surface area contributed by atoms with Gasteiger partial charge in [0.2, 0.25) is 0 Å². The predicted octanol–water partition coefficient (Wildman–Crippen LogP) is 6.77. The van der Waals surface area contributed by atoms with Gasteiger partial charge in [-0.15, -0.1) is 0 Å². The number of rotatable bonds is 12. The lowest BCUT2D eigenvalue weighted by Crippen LogP contribution is -2.51. The van der Waals surface area contributed by atoms with Crippen LogP contribution in [-0.2, 0) is 48.2 Å². The Kier molecular flexibility index (Phi) is 10.4. The summed E-state index contributed by atoms with van der Waals surface area (Å²) < 4.78 is 38.5. The first kappa shape index (κ1) is 29.1. The quantitative estimate of drug-likeness (QED) is 0.240. The van der Waals surface area contributed by atoms with E-state index < -0.39 is 0 Å². The zero-order valence-corrected chi connectivity index (χ0v) is 24.2. The van der Waals surface area contributed by atoms with Crippen molar-refractivity contribution in [2.75, 3.05) is 13.2 Å². The van der Waals surface area contributed by atoms with E-state index in [1.165, 1.54) is 0 Å². The van der Waals surface area contributed by atoms with E-state index in [0.29, 0.717) is 39.3 Å². The average molecular weight is 571 g/mol. The van der Waals surface area contributed by atoms with Crippen molar-refractivity contribution >= 4 is 0 Å². The zero-order valence-electron chi connectivity index (χ0n) is 24.2. The zero-order chi connectivity index (χ0) is 28.4. The third kappa shape index (κ3) is 8.09. The summed E-state index contributed by atoms with van der Waals surface area (Å²) in [6, 6.07) is 30.8. The van der Waals surface area contributed by atoms with Crippen LogP contribution in [0.25, 0.3) is 0 Å². The summed E-state index contributed by atoms with van der Waals surface area (Å²) in [5.41, 5.74) is 3.41. The average Bonchev–Trinajstić information content (AvgIpc) is 3.05. The van der Waals surface area contributed by atoms with Crippen molar-refractivity contribution in [3.63, 3.8) is 0 Å². The molecule has 0 aliphatic carbocycles. The van der Waals surface area contributed by atoms with Gasteiger partial charge in [0.15, 0.2) is 0 Å². The standard InChI is InChI=1S/C36H42O6/c1-4-11-27(12-5-1)23-37-26-36-34(40-25-29-15-8-3-9-16-29)22-33(39-24-28-13-6-2-7-14-28)35(42-36)21-30-18-19-31-32(41-30)17-10-20-38-31/h1-9,11-16,18,31-36H,10,17,19-26H2/t31-,32+,33-,34+,35+,36-/m1/s1. The topological polar surface area (TPSA) is 55.4 Å². The van der Waals surface area contributed by atoms with Gasteiger partial charge >= 0.3 is 0 Å². The van der Waals surface area contributed by atoms with Crippen LogP contribution >= 0.6 is 0 Å². The molecule has 3 aliphatic heterocycles. The second-order valence-electron chi connectivity index (χ2n) is 11.4. The Labute approximate surface area is 249 Å². The van der Waals surface area contributed by atoms with Crippen molar-refractivity contribution in [1.82, 2.24) is 0 Å². The molecule has 0 N–H and O–H groups in total. The van der Waals surface area contributed by atoms with Gasteiger partial charge in [0, 0.05) is 19.4 Å². The van der Waals surface area contributed by atoms with E-state index in [1.807, 2.05) is 54.6 Å². The van der Waals surface area contributed by atoms with Crippen molar-refractivity contribution in [3.8, 4) is 0 Å². The van der Waals surface area contributed by atoms with Crippen LogP contribution in [-0.4, -0.2) is 49.8 Å². The summed E-state index contributed by atoms with van der Waals surface area (Å²) in [6.45, 7) is 2.82. The van der Waals surface area contributed by atoms with E-state index in [1.54, 1.807) is 0 Å². The van der Waals surface area contributed by atoms with Gasteiger partial charge in [-0.05, 0) is 42.0 Å². The lowest BCUT2D eigenvalue weighted by atomic mass is 9.93. The molecule has 6 atom stereocenters. The highest BCUT2D eigenvalue weighted by atomic mass is 16.6. The first-order valence-corrected chi connectivity index (χ1v) is 15.4. The molecule has 0 spiro atoms. The number of fused-ring (bicyclic) bond motifs is 1. The molecule has 42 heavy (non-hydrogen) atoms. The van der Waals surface area contributed by atoms with Crippen LogP contribution in [0.1, 0.15) is 48.8 Å². The summed E-state index contributed by atoms with van der Waals surface area (Å²) in [6.07, 6.45) is 6.07. The van der Waals surface area contributed by atoms with Gasteiger partial charge < -0.3 is 28.4 Å². The maximum absolute atomic E-state index is 6.84. The molecule has 2 saturated heterocycles. The molecule has 0 saturated carbocycles. The van der Waals surface area contributed by atoms with Gasteiger partial charge in [-0.25, -0.2) is 0 Å². The van der Waals surface area contributed by atoms with Gasteiger partial charge in [0.1, 0.15) is 12.2 Å². The van der Waals surface area contributed by atoms with Gasteiger partial charge in [0.25, 0.3) is 0 Å². The highest BCUT2D eigenvalue weighted by molar-refractivity contribution is 5.15. The van der Waals surface area contributed by atoms with Gasteiger partial charge in [-0.1, -0.05) is 91.0 Å². The molecule has 0 unspecified atom stereocenters. The minimum absolute atomic E-state index is 0.123. The molecule has 3 aromatic rings. The van der Waals surface area contributed by atoms with E-state index in [4.69, 9.17) is 28.4 Å². The largest absolute Gasteiger partial charge is 0.492 e. The molecular weight excluding hydrogens is 528 g/mol. The predicted molar refractivity (Wildman–Crippen MR) is 161 cm³/mol. The van der Waals surface area contributed by atoms with Crippen LogP contribution < -0.4 is 0 Å². The molecule has 6 nitrogen and oxygen atoms in total. The van der Waals surface area contributed by atoms with Crippen LogP contribution in [0.2, 0.25) is 0 Å². The molecule has 3 aliphatic rings. The van der Waals surface area contributed by atoms with Crippen molar-refractivity contribution in [3.05, 3.63) is 120 Å². The van der Waals surface area contributed by atoms with Crippen molar-refractivity contribution < 1.29 is 28.4 Å². The fraction of sp³-hybridized carbons (Fsp3) is 0.444. The summed E-state index contributed by atoms with van der Waals surface area (Å²) >= 11 is 0. The first-order chi connectivity index (χ1) is 20.8. The third-order valence-corrected chi connectivity index (χ3v) is 8.31. The Morgan fingerprint density at radius 2 is 1.26 bits per heavy atom. The van der Waals surface area contributed by atoms with E-state index in [9.17, 15) is 0 Å². The van der Waals surface area contributed by atoms with Crippen molar-refractivity contribution in [2.45, 2.75) is 88.5 Å². The molecule has 6 rings (SSSR count). The van der Waals surface area contributed by atoms with E-state index in [0.717, 1.165) is 48.3 Å². The normalized spacial score (nSPS) is 27.5. The summed E-state index contributed by atoms with van der Waals surface area (Å²) in [5.74, 6) is 0.979. The minimum Gasteiger partial charge on any atom is -0.492 e. The van der Waals surface area contributed by atoms with Crippen molar-refractivity contribution in [1.29, 1.82) is 0 Å². The summed E-state index contributed by atoms with van der Waals surface area (Å²) in [4.78, 5) is 0. The first-order valence-electron chi connectivity index (χ1n) is 15.4. The molecule has 3 aromatic carbocycles. The molecule has 0 radical (unpaired) electrons. The summed E-state index contributed by atoms with van der Waals surface area (Å²) in [5, 5.41) is 0. The number of hydrogen-bond donors (Lipinski definition) is 0. The van der Waals surface area contributed by atoms with E-state index >= 15 is 0 Å². The molecule has 0 bridgehead atoms. The smallest absolute Gasteiger partial charge is 0.125 e. The maximum Gasteiger partial charge on any atom is 0.125 e. The molecule has 3 heterocycles. The maximum atomic E-state index is 6.84. The Balaban J connectivity index is 1.17. The Morgan fingerprint density at radius 1 is 0.667 bits per heavy atom. The fourth-order valence-corrected chi connectivity index (χ4v) is 6.02. The Hall–Kier alpha value is -3.00. The lowest BCUT2D eigenvalue weighted by Gasteiger charge is -2.42. The van der Waals surface area contributed by atoms with Crippen LogP contribution in [0.5, 0.6) is 0 Å². The number of hydrogen-bond acceptors (Lipinski definition) is 6. The SMILES string of the molecule is C1=C(C[C@@H]2O[C@H](COCc3ccccc3)[C@@H](OCc3ccccc3)C[C@H]2OCc2ccccc2)O[C@H]2CCCO[C@@H]2C1. The lowest BCUT2D eigenvalue weighted by molar-refractivity contribution is -0.217. The highest BCUT2D eigenvalue weighted by Crippen LogP contribution is 2.34. The van der Waals surface area contributed by atoms with Gasteiger partial charge in [0.05, 0.1) is 56.6 Å². The van der Waals surface area contributed by atoms with E-state index in [2.05, 4.69) is 42.5 Å². The second-order valence-corrected chi connectivity index (χ2v) is 11.4. The van der Waals surface area contributed by atoms with Crippen molar-refractivity contribution in [2.24, 2.45) is 0 Å². The minimum atomic E-state index is -0.228. The van der Waals surface area contributed by atoms with Crippen LogP contribution in [0, 0.1) is 0 Å². The Bertz CT molecular complexity index is 1230. The molecule has 0 amide bonds. The molecule has 222 valence electrons. The van der Waals surface area contributed by atoms with E-state index in [-0.39, 0.29) is 36.6 Å². The van der Waals surface area contributed by atoms with Crippen LogP contribution in [0.15, 0.2) is 103 Å². The monoisotopic (exact) mass is 570 g/mol. The molecular formula is C36H42O6. The second kappa shape index (κ2) is 14.9. The summed E-state index contributed by atoms with van der Waals surface area (Å²) in [7, 11) is 0. The fourth-order valence-electron chi connectivity index (χ4n) is 6.02. The third-order valence-electron chi connectivity index (χ3n) is 8.31. The highest BCUT2D eigenvalue weighted by Gasteiger charge is 2.41. The Morgan fingerprint density at radius 3 is 1.90 bits per heavy atom. The molecule has 6 heteroatoms. The molecule has 2 fully saturated rings. The van der Waals surface area contributed by atoms with Crippen LogP contribution in [0.4, 0.5) is 0 Å². The number of benzene rings is 3. The van der Waals surface area contributed by atoms with Gasteiger partial charge in [-0.2, -0.15) is 0 Å². The van der Waals surface area contributed by atoms with Crippen LogP contribution in [0.3, 0.4) is 0 Å². The number of ether oxygens (including phenoxy) is 6. The molecule has 0 aromatic heterocycles. The van der Waals surface area contributed by atoms with Gasteiger partial charge in [-0.3, -0.25) is 0 Å².